The maximum absolute atomic E-state index is 12.1. The summed E-state index contributed by atoms with van der Waals surface area (Å²) in [6.45, 7) is 8.73. The van der Waals surface area contributed by atoms with Crippen LogP contribution in [-0.2, 0) is 23.7 Å². The number of ether oxygens (including phenoxy) is 6. The molecule has 1 aromatic carbocycles. The molecule has 0 bridgehead atoms. The van der Waals surface area contributed by atoms with Gasteiger partial charge in [0.15, 0.2) is 11.5 Å². The largest absolute Gasteiger partial charge is 0.513 e. The van der Waals surface area contributed by atoms with Crippen LogP contribution in [0.15, 0.2) is 18.2 Å². The van der Waals surface area contributed by atoms with Crippen molar-refractivity contribution in [3.63, 3.8) is 0 Å². The van der Waals surface area contributed by atoms with Crippen LogP contribution in [-0.4, -0.2) is 61.5 Å². The fraction of sp³-hybridized carbons (Fsp3) is 0.600. The van der Waals surface area contributed by atoms with Crippen molar-refractivity contribution in [3.05, 3.63) is 23.8 Å². The van der Waals surface area contributed by atoms with Crippen molar-refractivity contribution in [1.29, 1.82) is 0 Å². The number of benzene rings is 1. The van der Waals surface area contributed by atoms with Gasteiger partial charge in [-0.3, -0.25) is 4.79 Å². The van der Waals surface area contributed by atoms with Gasteiger partial charge in [0.1, 0.15) is 12.1 Å². The van der Waals surface area contributed by atoms with Crippen LogP contribution in [0.1, 0.15) is 65.4 Å². The molecule has 0 spiro atoms. The van der Waals surface area contributed by atoms with Gasteiger partial charge in [-0.25, -0.2) is 14.4 Å². The van der Waals surface area contributed by atoms with Crippen LogP contribution < -0.4 is 15.2 Å². The Labute approximate surface area is 228 Å². The molecule has 0 aromatic heterocycles. The maximum Gasteiger partial charge on any atom is 0.513 e. The number of carboxylic acid groups (broad SMARTS) is 1. The van der Waals surface area contributed by atoms with Crippen molar-refractivity contribution in [3.8, 4) is 11.5 Å². The average Bonchev–Trinajstić information content (AvgIpc) is 2.83. The van der Waals surface area contributed by atoms with Crippen LogP contribution in [0.3, 0.4) is 0 Å². The van der Waals surface area contributed by atoms with Crippen LogP contribution in [0.2, 0.25) is 0 Å². The summed E-state index contributed by atoms with van der Waals surface area (Å²) >= 11 is 0. The van der Waals surface area contributed by atoms with Crippen LogP contribution >= 0.6 is 12.4 Å². The first kappa shape index (κ1) is 34.8. The third-order valence-electron chi connectivity index (χ3n) is 5.49. The SMILES string of the molecule is CCCCCOC(=O)O[C@H](C)[C@H](C)C(c1ccc(OC(=O)OCC)c(OC(=O)OCC)c1)[C@H](N)C(=O)O.Cl. The van der Waals surface area contributed by atoms with Crippen molar-refractivity contribution in [2.24, 2.45) is 11.7 Å². The molecule has 1 unspecified atom stereocenters. The number of hydrogen-bond acceptors (Lipinski definition) is 11. The zero-order valence-electron chi connectivity index (χ0n) is 22.3. The first-order valence-corrected chi connectivity index (χ1v) is 12.2. The minimum Gasteiger partial charge on any atom is -0.480 e. The van der Waals surface area contributed by atoms with E-state index in [1.54, 1.807) is 27.7 Å². The van der Waals surface area contributed by atoms with E-state index in [0.717, 1.165) is 12.8 Å². The van der Waals surface area contributed by atoms with Gasteiger partial charge in [0, 0.05) is 11.8 Å². The minimum absolute atomic E-state index is 0. The van der Waals surface area contributed by atoms with E-state index in [1.165, 1.54) is 18.2 Å². The van der Waals surface area contributed by atoms with E-state index in [4.69, 9.17) is 34.2 Å². The van der Waals surface area contributed by atoms with Gasteiger partial charge < -0.3 is 39.3 Å². The number of unbranched alkanes of at least 4 members (excludes halogenated alkanes) is 2. The first-order valence-electron chi connectivity index (χ1n) is 12.2. The first-order chi connectivity index (χ1) is 17.5. The molecule has 12 nitrogen and oxygen atoms in total. The number of nitrogens with two attached hydrogens (primary N) is 1. The van der Waals surface area contributed by atoms with Gasteiger partial charge in [-0.15, -0.1) is 12.4 Å². The number of hydrogen-bond donors (Lipinski definition) is 2. The summed E-state index contributed by atoms with van der Waals surface area (Å²) in [7, 11) is 0. The number of halogens is 1. The minimum atomic E-state index is -1.42. The lowest BCUT2D eigenvalue weighted by Crippen LogP contribution is -2.42. The van der Waals surface area contributed by atoms with E-state index in [2.05, 4.69) is 0 Å². The molecular weight excluding hydrogens is 526 g/mol. The van der Waals surface area contributed by atoms with Crippen LogP contribution in [0, 0.1) is 5.92 Å². The molecule has 216 valence electrons. The smallest absolute Gasteiger partial charge is 0.480 e. The summed E-state index contributed by atoms with van der Waals surface area (Å²) in [4.78, 5) is 47.8. The Balaban J connectivity index is 0.0000137. The second kappa shape index (κ2) is 18.1. The fourth-order valence-electron chi connectivity index (χ4n) is 3.45. The number of rotatable bonds is 14. The van der Waals surface area contributed by atoms with Crippen LogP contribution in [0.5, 0.6) is 11.5 Å². The highest BCUT2D eigenvalue weighted by Crippen LogP contribution is 2.37. The molecule has 1 rings (SSSR count). The molecular formula is C25H38ClNO11. The van der Waals surface area contributed by atoms with Crippen molar-refractivity contribution in [2.75, 3.05) is 19.8 Å². The van der Waals surface area contributed by atoms with E-state index in [1.807, 2.05) is 6.92 Å². The average molecular weight is 564 g/mol. The standard InChI is InChI=1S/C25H37NO11.ClH/c1-6-9-10-13-34-25(31)35-16(5)15(4)20(21(26)22(27)28)17-11-12-18(36-23(29)32-7-2)19(14-17)37-24(30)33-8-3;/h11-12,14-16,20-21H,6-10,13,26H2,1-5H3,(H,27,28);1H/t15-,16+,20?,21-;/m0./s1. The second-order valence-corrected chi connectivity index (χ2v) is 8.15. The van der Waals surface area contributed by atoms with E-state index >= 15 is 0 Å². The highest BCUT2D eigenvalue weighted by atomic mass is 35.5. The lowest BCUT2D eigenvalue weighted by atomic mass is 9.79. The predicted octanol–water partition coefficient (Wildman–Crippen LogP) is 5.04. The van der Waals surface area contributed by atoms with Crippen molar-refractivity contribution < 1.29 is 52.7 Å². The van der Waals surface area contributed by atoms with Gasteiger partial charge in [0.05, 0.1) is 19.8 Å². The highest BCUT2D eigenvalue weighted by Gasteiger charge is 2.36. The number of aliphatic carboxylic acids is 1. The predicted molar refractivity (Wildman–Crippen MR) is 138 cm³/mol. The Morgan fingerprint density at radius 2 is 1.45 bits per heavy atom. The Hall–Kier alpha value is -3.25. The number of carbonyl (C=O) groups excluding carboxylic acids is 3. The molecule has 0 amide bonds. The zero-order valence-corrected chi connectivity index (χ0v) is 23.1. The van der Waals surface area contributed by atoms with Gasteiger partial charge in [0.25, 0.3) is 0 Å². The molecule has 0 aliphatic carbocycles. The van der Waals surface area contributed by atoms with Crippen molar-refractivity contribution in [2.45, 2.75) is 71.9 Å². The summed E-state index contributed by atoms with van der Waals surface area (Å²) in [6, 6.07) is 2.66. The number of carboxylic acids is 1. The lowest BCUT2D eigenvalue weighted by molar-refractivity contribution is -0.139. The summed E-state index contributed by atoms with van der Waals surface area (Å²) in [5, 5.41) is 9.66. The molecule has 0 fully saturated rings. The normalized spacial score (nSPS) is 13.5. The number of carbonyl (C=O) groups is 4. The molecule has 0 aliphatic heterocycles. The summed E-state index contributed by atoms with van der Waals surface area (Å²) in [5.74, 6) is -3.22. The topological polar surface area (TPSA) is 170 Å². The lowest BCUT2D eigenvalue weighted by Gasteiger charge is -2.31. The Morgan fingerprint density at radius 3 is 1.97 bits per heavy atom. The van der Waals surface area contributed by atoms with Gasteiger partial charge >= 0.3 is 24.4 Å². The molecule has 0 aliphatic rings. The van der Waals surface area contributed by atoms with Crippen molar-refractivity contribution >= 4 is 36.8 Å². The molecule has 4 atom stereocenters. The Morgan fingerprint density at radius 1 is 0.868 bits per heavy atom. The van der Waals surface area contributed by atoms with E-state index in [9.17, 15) is 24.3 Å². The quantitative estimate of drug-likeness (QED) is 0.134. The molecule has 38 heavy (non-hydrogen) atoms. The monoisotopic (exact) mass is 563 g/mol. The fourth-order valence-corrected chi connectivity index (χ4v) is 3.45. The van der Waals surface area contributed by atoms with Crippen LogP contribution in [0.25, 0.3) is 0 Å². The molecule has 0 saturated carbocycles. The second-order valence-electron chi connectivity index (χ2n) is 8.15. The van der Waals surface area contributed by atoms with Gasteiger partial charge in [0.2, 0.25) is 0 Å². The maximum atomic E-state index is 12.1. The summed E-state index contributed by atoms with van der Waals surface area (Å²) in [6.07, 6.45) is -1.20. The third kappa shape index (κ3) is 11.4. The van der Waals surface area contributed by atoms with Gasteiger partial charge in [-0.2, -0.15) is 0 Å². The van der Waals surface area contributed by atoms with Gasteiger partial charge in [-0.05, 0) is 44.9 Å². The van der Waals surface area contributed by atoms with Crippen LogP contribution in [0.4, 0.5) is 14.4 Å². The van der Waals surface area contributed by atoms with Gasteiger partial charge in [-0.1, -0.05) is 32.8 Å². The molecule has 0 radical (unpaired) electrons. The Kier molecular flexibility index (Phi) is 16.5. The van der Waals surface area contributed by atoms with E-state index < -0.39 is 48.4 Å². The third-order valence-corrected chi connectivity index (χ3v) is 5.49. The Bertz CT molecular complexity index is 911. The zero-order chi connectivity index (χ0) is 28.0. The summed E-state index contributed by atoms with van der Waals surface area (Å²) in [5.41, 5.74) is 6.35. The molecule has 0 saturated heterocycles. The molecule has 3 N–H and O–H groups in total. The van der Waals surface area contributed by atoms with E-state index in [-0.39, 0.29) is 43.7 Å². The van der Waals surface area contributed by atoms with E-state index in [0.29, 0.717) is 12.0 Å². The highest BCUT2D eigenvalue weighted by molar-refractivity contribution is 5.85. The molecule has 1 aromatic rings. The van der Waals surface area contributed by atoms with Crippen molar-refractivity contribution in [1.82, 2.24) is 0 Å². The molecule has 13 heteroatoms. The molecule has 0 heterocycles. The summed E-state index contributed by atoms with van der Waals surface area (Å²) < 4.78 is 30.3.